The number of carbonyl (C=O) groups is 1. The van der Waals surface area contributed by atoms with Crippen molar-refractivity contribution in [3.8, 4) is 0 Å². The molecule has 3 nitrogen and oxygen atoms in total. The zero-order valence-electron chi connectivity index (χ0n) is 13.0. The van der Waals surface area contributed by atoms with E-state index in [4.69, 9.17) is 4.74 Å². The van der Waals surface area contributed by atoms with E-state index >= 15 is 0 Å². The van der Waals surface area contributed by atoms with Gasteiger partial charge in [0.05, 0.1) is 0 Å². The lowest BCUT2D eigenvalue weighted by molar-refractivity contribution is 0.0226. The molecule has 2 rings (SSSR count). The van der Waals surface area contributed by atoms with E-state index < -0.39 is 5.60 Å². The molecule has 0 bridgehead atoms. The van der Waals surface area contributed by atoms with E-state index in [0.29, 0.717) is 0 Å². The Labute approximate surface area is 121 Å². The number of ether oxygens (including phenoxy) is 1. The van der Waals surface area contributed by atoms with Crippen molar-refractivity contribution in [2.24, 2.45) is 0 Å². The highest BCUT2D eigenvalue weighted by molar-refractivity contribution is 5.69. The first-order chi connectivity index (χ1) is 9.37. The van der Waals surface area contributed by atoms with Crippen LogP contribution in [0.5, 0.6) is 0 Å². The minimum atomic E-state index is -0.424. The Kier molecular flexibility index (Phi) is 4.36. The van der Waals surface area contributed by atoms with Gasteiger partial charge < -0.3 is 9.64 Å². The van der Waals surface area contributed by atoms with Crippen LogP contribution in [-0.4, -0.2) is 29.2 Å². The second-order valence-corrected chi connectivity index (χ2v) is 6.60. The molecular weight excluding hydrogens is 250 g/mol. The van der Waals surface area contributed by atoms with Crippen molar-refractivity contribution in [2.45, 2.75) is 58.6 Å². The molecule has 0 saturated carbocycles. The summed E-state index contributed by atoms with van der Waals surface area (Å²) >= 11 is 0. The molecule has 0 aliphatic carbocycles. The number of nitrogens with zero attached hydrogens (tertiary/aromatic N) is 1. The number of hydrogen-bond donors (Lipinski definition) is 0. The van der Waals surface area contributed by atoms with Gasteiger partial charge in [-0.1, -0.05) is 24.3 Å². The topological polar surface area (TPSA) is 29.5 Å². The molecule has 0 N–H and O–H groups in total. The van der Waals surface area contributed by atoms with E-state index in [2.05, 4.69) is 31.2 Å². The number of hydrogen-bond acceptors (Lipinski definition) is 2. The normalized spacial score (nSPS) is 19.2. The second kappa shape index (κ2) is 5.86. The molecule has 20 heavy (non-hydrogen) atoms. The molecule has 1 amide bonds. The lowest BCUT2D eigenvalue weighted by Gasteiger charge is -2.29. The van der Waals surface area contributed by atoms with E-state index in [1.165, 1.54) is 11.1 Å². The zero-order valence-corrected chi connectivity index (χ0v) is 13.0. The Bertz CT molecular complexity index is 476. The Hall–Kier alpha value is -1.51. The molecule has 0 aromatic heterocycles. The number of carbonyl (C=O) groups excluding carboxylic acids is 1. The van der Waals surface area contributed by atoms with Crippen molar-refractivity contribution >= 4 is 6.09 Å². The first kappa shape index (κ1) is 14.9. The molecule has 1 aromatic carbocycles. The maximum atomic E-state index is 12.3. The molecule has 0 radical (unpaired) electrons. The quantitative estimate of drug-likeness (QED) is 0.818. The molecule has 0 spiro atoms. The fourth-order valence-corrected chi connectivity index (χ4v) is 2.70. The van der Waals surface area contributed by atoms with E-state index in [1.807, 2.05) is 25.7 Å². The van der Waals surface area contributed by atoms with Crippen LogP contribution in [0.25, 0.3) is 0 Å². The third kappa shape index (κ3) is 3.75. The fraction of sp³-hybridized carbons (Fsp3) is 0.588. The minimum Gasteiger partial charge on any atom is -0.444 e. The summed E-state index contributed by atoms with van der Waals surface area (Å²) in [7, 11) is 0. The van der Waals surface area contributed by atoms with Crippen molar-refractivity contribution in [2.75, 3.05) is 6.54 Å². The monoisotopic (exact) mass is 275 g/mol. The summed E-state index contributed by atoms with van der Waals surface area (Å²) in [6.45, 7) is 8.68. The molecular formula is C17H25NO2. The largest absolute Gasteiger partial charge is 0.444 e. The van der Waals surface area contributed by atoms with Gasteiger partial charge >= 0.3 is 6.09 Å². The van der Waals surface area contributed by atoms with Gasteiger partial charge in [-0.25, -0.2) is 4.79 Å². The standard InChI is InChI=1S/C17H25NO2/c1-13-8-5-6-9-14(13)12-15-10-7-11-18(15)16(19)20-17(2,3)4/h5-6,8-9,15H,7,10-12H2,1-4H3/t15-/m1/s1. The Balaban J connectivity index is 2.04. The van der Waals surface area contributed by atoms with Crippen molar-refractivity contribution in [1.29, 1.82) is 0 Å². The molecule has 110 valence electrons. The highest BCUT2D eigenvalue weighted by Gasteiger charge is 2.32. The summed E-state index contributed by atoms with van der Waals surface area (Å²) in [6.07, 6.45) is 2.88. The van der Waals surface area contributed by atoms with E-state index in [-0.39, 0.29) is 12.1 Å². The van der Waals surface area contributed by atoms with E-state index in [0.717, 1.165) is 25.8 Å². The van der Waals surface area contributed by atoms with Gasteiger partial charge in [0, 0.05) is 12.6 Å². The van der Waals surface area contributed by atoms with E-state index in [1.54, 1.807) is 0 Å². The van der Waals surface area contributed by atoms with Gasteiger partial charge in [0.2, 0.25) is 0 Å². The first-order valence-corrected chi connectivity index (χ1v) is 7.41. The van der Waals surface area contributed by atoms with Crippen molar-refractivity contribution in [3.63, 3.8) is 0 Å². The van der Waals surface area contributed by atoms with Gasteiger partial charge in [0.15, 0.2) is 0 Å². The molecule has 1 aromatic rings. The van der Waals surface area contributed by atoms with Crippen LogP contribution in [0.2, 0.25) is 0 Å². The average molecular weight is 275 g/mol. The number of aryl methyl sites for hydroxylation is 1. The molecule has 3 heteroatoms. The average Bonchev–Trinajstić information content (AvgIpc) is 2.78. The predicted octanol–water partition coefficient (Wildman–Crippen LogP) is 3.94. The van der Waals surface area contributed by atoms with Gasteiger partial charge in [-0.05, 0) is 58.1 Å². The maximum Gasteiger partial charge on any atom is 0.410 e. The van der Waals surface area contributed by atoms with Crippen LogP contribution >= 0.6 is 0 Å². The molecule has 1 heterocycles. The number of rotatable bonds is 2. The molecule has 0 unspecified atom stereocenters. The lowest BCUT2D eigenvalue weighted by Crippen LogP contribution is -2.40. The van der Waals surface area contributed by atoms with Crippen LogP contribution in [0.15, 0.2) is 24.3 Å². The third-order valence-corrected chi connectivity index (χ3v) is 3.72. The zero-order chi connectivity index (χ0) is 14.8. The number of benzene rings is 1. The van der Waals surface area contributed by atoms with Crippen LogP contribution in [0, 0.1) is 6.92 Å². The van der Waals surface area contributed by atoms with Crippen LogP contribution in [0.3, 0.4) is 0 Å². The highest BCUT2D eigenvalue weighted by atomic mass is 16.6. The van der Waals surface area contributed by atoms with Gasteiger partial charge in [-0.2, -0.15) is 0 Å². The van der Waals surface area contributed by atoms with Gasteiger partial charge in [0.25, 0.3) is 0 Å². The minimum absolute atomic E-state index is 0.173. The molecule has 1 atom stereocenters. The van der Waals surface area contributed by atoms with Gasteiger partial charge in [-0.3, -0.25) is 0 Å². The third-order valence-electron chi connectivity index (χ3n) is 3.72. The highest BCUT2D eigenvalue weighted by Crippen LogP contribution is 2.24. The summed E-state index contributed by atoms with van der Waals surface area (Å²) in [4.78, 5) is 14.2. The van der Waals surface area contributed by atoms with Crippen LogP contribution < -0.4 is 0 Å². The summed E-state index contributed by atoms with van der Waals surface area (Å²) in [5, 5.41) is 0. The smallest absolute Gasteiger partial charge is 0.410 e. The van der Waals surface area contributed by atoms with Crippen molar-refractivity contribution in [1.82, 2.24) is 4.90 Å². The van der Waals surface area contributed by atoms with Gasteiger partial charge in [-0.15, -0.1) is 0 Å². The predicted molar refractivity (Wildman–Crippen MR) is 80.8 cm³/mol. The molecule has 1 aliphatic rings. The molecule has 1 saturated heterocycles. The number of likely N-dealkylation sites (tertiary alicyclic amines) is 1. The van der Waals surface area contributed by atoms with Gasteiger partial charge in [0.1, 0.15) is 5.60 Å². The summed E-state index contributed by atoms with van der Waals surface area (Å²) < 4.78 is 5.51. The van der Waals surface area contributed by atoms with Crippen LogP contribution in [-0.2, 0) is 11.2 Å². The Morgan fingerprint density at radius 2 is 2.05 bits per heavy atom. The van der Waals surface area contributed by atoms with Crippen LogP contribution in [0.4, 0.5) is 4.79 Å². The second-order valence-electron chi connectivity index (χ2n) is 6.60. The summed E-state index contributed by atoms with van der Waals surface area (Å²) in [6, 6.07) is 8.67. The molecule has 1 fully saturated rings. The lowest BCUT2D eigenvalue weighted by atomic mass is 10.00. The summed E-state index contributed by atoms with van der Waals surface area (Å²) in [5.41, 5.74) is 2.20. The SMILES string of the molecule is Cc1ccccc1C[C@H]1CCCN1C(=O)OC(C)(C)C. The first-order valence-electron chi connectivity index (χ1n) is 7.41. The van der Waals surface area contributed by atoms with Crippen molar-refractivity contribution < 1.29 is 9.53 Å². The van der Waals surface area contributed by atoms with E-state index in [9.17, 15) is 4.79 Å². The molecule has 1 aliphatic heterocycles. The number of amides is 1. The Morgan fingerprint density at radius 3 is 2.70 bits per heavy atom. The summed E-state index contributed by atoms with van der Waals surface area (Å²) in [5.74, 6) is 0. The van der Waals surface area contributed by atoms with Crippen LogP contribution in [0.1, 0.15) is 44.7 Å². The van der Waals surface area contributed by atoms with Crippen molar-refractivity contribution in [3.05, 3.63) is 35.4 Å². The Morgan fingerprint density at radius 1 is 1.35 bits per heavy atom. The maximum absolute atomic E-state index is 12.3. The fourth-order valence-electron chi connectivity index (χ4n) is 2.70.